The van der Waals surface area contributed by atoms with E-state index in [2.05, 4.69) is 23.7 Å². The van der Waals surface area contributed by atoms with Gasteiger partial charge in [-0.2, -0.15) is 0 Å². The van der Waals surface area contributed by atoms with Gasteiger partial charge in [-0.15, -0.1) is 11.3 Å². The number of hydrogen-bond donors (Lipinski definition) is 1. The van der Waals surface area contributed by atoms with Gasteiger partial charge in [0.2, 0.25) is 0 Å². The van der Waals surface area contributed by atoms with E-state index >= 15 is 0 Å². The molecule has 16 heavy (non-hydrogen) atoms. The lowest BCUT2D eigenvalue weighted by molar-refractivity contribution is 0.233. The highest BCUT2D eigenvalue weighted by Crippen LogP contribution is 2.40. The summed E-state index contributed by atoms with van der Waals surface area (Å²) < 4.78 is 5.26. The first-order valence-electron chi connectivity index (χ1n) is 6.21. The van der Waals surface area contributed by atoms with Crippen molar-refractivity contribution in [3.63, 3.8) is 0 Å². The van der Waals surface area contributed by atoms with Crippen LogP contribution in [0.2, 0.25) is 0 Å². The van der Waals surface area contributed by atoms with E-state index in [4.69, 9.17) is 4.74 Å². The summed E-state index contributed by atoms with van der Waals surface area (Å²) in [4.78, 5) is 1.44. The van der Waals surface area contributed by atoms with Crippen LogP contribution >= 0.6 is 11.3 Å². The van der Waals surface area contributed by atoms with Crippen molar-refractivity contribution in [1.82, 2.24) is 5.32 Å². The Bertz CT molecular complexity index is 319. The van der Waals surface area contributed by atoms with Crippen LogP contribution in [-0.4, -0.2) is 13.7 Å². The van der Waals surface area contributed by atoms with E-state index in [-0.39, 0.29) is 0 Å². The fourth-order valence-corrected chi connectivity index (χ4v) is 3.20. The summed E-state index contributed by atoms with van der Waals surface area (Å²) in [6.07, 6.45) is 5.35. The molecule has 1 aliphatic carbocycles. The van der Waals surface area contributed by atoms with Crippen LogP contribution in [-0.2, 0) is 0 Å². The van der Waals surface area contributed by atoms with Crippen LogP contribution in [0.1, 0.15) is 43.5 Å². The third-order valence-corrected chi connectivity index (χ3v) is 4.37. The van der Waals surface area contributed by atoms with Crippen LogP contribution < -0.4 is 10.1 Å². The van der Waals surface area contributed by atoms with Crippen molar-refractivity contribution in [1.29, 1.82) is 0 Å². The average molecular weight is 239 g/mol. The highest BCUT2D eigenvalue weighted by Gasteiger charge is 2.28. The minimum absolute atomic E-state index is 0.558. The summed E-state index contributed by atoms with van der Waals surface area (Å²) in [6, 6.07) is 2.75. The number of methoxy groups -OCH3 is 1. The topological polar surface area (TPSA) is 21.3 Å². The molecule has 1 saturated carbocycles. The number of rotatable bonds is 6. The zero-order valence-electron chi connectivity index (χ0n) is 10.2. The van der Waals surface area contributed by atoms with E-state index < -0.39 is 0 Å². The van der Waals surface area contributed by atoms with Crippen molar-refractivity contribution >= 4 is 11.3 Å². The fraction of sp³-hybridized carbons (Fsp3) is 0.692. The number of nitrogens with one attached hydrogen (secondary N) is 1. The molecule has 0 bridgehead atoms. The van der Waals surface area contributed by atoms with Crippen LogP contribution in [0.4, 0.5) is 0 Å². The fourth-order valence-electron chi connectivity index (χ4n) is 2.18. The zero-order valence-corrected chi connectivity index (χ0v) is 11.0. The third kappa shape index (κ3) is 2.58. The average Bonchev–Trinajstić information content (AvgIpc) is 2.69. The number of ether oxygens (including phenoxy) is 1. The second kappa shape index (κ2) is 5.69. The van der Waals surface area contributed by atoms with Gasteiger partial charge in [0.25, 0.3) is 0 Å². The molecule has 1 heterocycles. The molecule has 0 amide bonds. The van der Waals surface area contributed by atoms with Crippen molar-refractivity contribution in [2.75, 3.05) is 13.7 Å². The first kappa shape index (κ1) is 11.9. The minimum Gasteiger partial charge on any atom is -0.496 e. The molecule has 3 heteroatoms. The van der Waals surface area contributed by atoms with E-state index in [1.807, 2.05) is 11.3 Å². The lowest BCUT2D eigenvalue weighted by atomic mass is 9.79. The molecule has 2 nitrogen and oxygen atoms in total. The summed E-state index contributed by atoms with van der Waals surface area (Å²) >= 11 is 1.82. The molecule has 1 N–H and O–H groups in total. The Balaban J connectivity index is 2.04. The molecule has 1 unspecified atom stereocenters. The Morgan fingerprint density at radius 2 is 2.38 bits per heavy atom. The Morgan fingerprint density at radius 3 is 2.88 bits per heavy atom. The molecule has 1 aliphatic rings. The second-order valence-corrected chi connectivity index (χ2v) is 5.45. The van der Waals surface area contributed by atoms with Gasteiger partial charge in [-0.05, 0) is 37.8 Å². The SMILES string of the molecule is CCCNC(c1cc(OC)cs1)C1CCC1. The van der Waals surface area contributed by atoms with Crippen molar-refractivity contribution in [2.45, 2.75) is 38.6 Å². The van der Waals surface area contributed by atoms with Gasteiger partial charge >= 0.3 is 0 Å². The summed E-state index contributed by atoms with van der Waals surface area (Å²) in [6.45, 7) is 3.33. The lowest BCUT2D eigenvalue weighted by Crippen LogP contribution is -2.32. The molecule has 0 radical (unpaired) electrons. The molecule has 1 fully saturated rings. The summed E-state index contributed by atoms with van der Waals surface area (Å²) in [5.74, 6) is 1.84. The van der Waals surface area contributed by atoms with Gasteiger partial charge in [0.05, 0.1) is 7.11 Å². The Hall–Kier alpha value is -0.540. The largest absolute Gasteiger partial charge is 0.496 e. The van der Waals surface area contributed by atoms with E-state index in [9.17, 15) is 0 Å². The van der Waals surface area contributed by atoms with Crippen LogP contribution in [0.25, 0.3) is 0 Å². The van der Waals surface area contributed by atoms with Crippen molar-refractivity contribution in [3.05, 3.63) is 16.3 Å². The number of thiophene rings is 1. The Kier molecular flexibility index (Phi) is 4.24. The first-order chi connectivity index (χ1) is 7.85. The smallest absolute Gasteiger partial charge is 0.129 e. The Morgan fingerprint density at radius 1 is 1.56 bits per heavy atom. The molecule has 0 saturated heterocycles. The van der Waals surface area contributed by atoms with Crippen LogP contribution in [0.3, 0.4) is 0 Å². The van der Waals surface area contributed by atoms with Gasteiger partial charge in [-0.25, -0.2) is 0 Å². The molecular weight excluding hydrogens is 218 g/mol. The maximum atomic E-state index is 5.26. The molecule has 0 spiro atoms. The van der Waals surface area contributed by atoms with Gasteiger partial charge in [0.15, 0.2) is 0 Å². The summed E-state index contributed by atoms with van der Waals surface area (Å²) in [5, 5.41) is 5.79. The van der Waals surface area contributed by atoms with Crippen molar-refractivity contribution < 1.29 is 4.74 Å². The molecule has 90 valence electrons. The maximum absolute atomic E-state index is 5.26. The van der Waals surface area contributed by atoms with E-state index in [0.29, 0.717) is 6.04 Å². The molecule has 1 aromatic rings. The van der Waals surface area contributed by atoms with Gasteiger partial charge in [0.1, 0.15) is 5.75 Å². The standard InChI is InChI=1S/C13H21NOS/c1-3-7-14-13(10-5-4-6-10)12-8-11(15-2)9-16-12/h8-10,13-14H,3-7H2,1-2H3. The van der Waals surface area contributed by atoms with E-state index in [1.165, 1.54) is 30.6 Å². The molecule has 1 aromatic heterocycles. The minimum atomic E-state index is 0.558. The predicted molar refractivity (Wildman–Crippen MR) is 69.2 cm³/mol. The molecule has 2 rings (SSSR count). The second-order valence-electron chi connectivity index (χ2n) is 4.51. The Labute approximate surface area is 102 Å². The quantitative estimate of drug-likeness (QED) is 0.819. The summed E-state index contributed by atoms with van der Waals surface area (Å²) in [7, 11) is 1.74. The van der Waals surface area contributed by atoms with Gasteiger partial charge in [0, 0.05) is 16.3 Å². The van der Waals surface area contributed by atoms with Crippen molar-refractivity contribution in [2.24, 2.45) is 5.92 Å². The van der Waals surface area contributed by atoms with Crippen LogP contribution in [0, 0.1) is 5.92 Å². The van der Waals surface area contributed by atoms with Gasteiger partial charge in [-0.1, -0.05) is 13.3 Å². The highest BCUT2D eigenvalue weighted by molar-refractivity contribution is 7.10. The molecule has 0 aliphatic heterocycles. The lowest BCUT2D eigenvalue weighted by Gasteiger charge is -2.33. The van der Waals surface area contributed by atoms with Gasteiger partial charge < -0.3 is 10.1 Å². The molecular formula is C13H21NOS. The zero-order chi connectivity index (χ0) is 11.4. The predicted octanol–water partition coefficient (Wildman–Crippen LogP) is 3.60. The highest BCUT2D eigenvalue weighted by atomic mass is 32.1. The van der Waals surface area contributed by atoms with E-state index in [1.54, 1.807) is 7.11 Å². The first-order valence-corrected chi connectivity index (χ1v) is 7.09. The monoisotopic (exact) mass is 239 g/mol. The summed E-state index contributed by atoms with van der Waals surface area (Å²) in [5.41, 5.74) is 0. The van der Waals surface area contributed by atoms with Gasteiger partial charge in [-0.3, -0.25) is 0 Å². The number of hydrogen-bond acceptors (Lipinski definition) is 3. The van der Waals surface area contributed by atoms with Crippen molar-refractivity contribution in [3.8, 4) is 5.75 Å². The van der Waals surface area contributed by atoms with E-state index in [0.717, 1.165) is 18.2 Å². The normalized spacial score (nSPS) is 18.1. The van der Waals surface area contributed by atoms with Crippen LogP contribution in [0.15, 0.2) is 11.4 Å². The third-order valence-electron chi connectivity index (χ3n) is 3.37. The van der Waals surface area contributed by atoms with Crippen LogP contribution in [0.5, 0.6) is 5.75 Å². The molecule has 0 aromatic carbocycles. The molecule has 1 atom stereocenters. The maximum Gasteiger partial charge on any atom is 0.129 e.